The normalized spacial score (nSPS) is 42.6. The largest absolute Gasteiger partial charge is 0.377 e. The molecular weight excluding hydrogens is 264 g/mol. The van der Waals surface area contributed by atoms with Crippen LogP contribution < -0.4 is 11.1 Å². The highest BCUT2D eigenvalue weighted by Crippen LogP contribution is 2.61. The third-order valence-corrected chi connectivity index (χ3v) is 7.00. The molecule has 0 radical (unpaired) electrons. The highest BCUT2D eigenvalue weighted by molar-refractivity contribution is 5.89. The highest BCUT2D eigenvalue weighted by atomic mass is 16.5. The molecule has 0 spiro atoms. The molecule has 3 N–H and O–H groups in total. The van der Waals surface area contributed by atoms with E-state index in [1.54, 1.807) is 0 Å². The van der Waals surface area contributed by atoms with Gasteiger partial charge in [-0.05, 0) is 49.9 Å². The molecule has 4 rings (SSSR count). The molecule has 4 heteroatoms. The van der Waals surface area contributed by atoms with Crippen molar-refractivity contribution >= 4 is 5.91 Å². The first-order valence-electron chi connectivity index (χ1n) is 8.61. The molecule has 4 aliphatic rings. The quantitative estimate of drug-likeness (QED) is 0.831. The summed E-state index contributed by atoms with van der Waals surface area (Å²) >= 11 is 0. The molecule has 3 unspecified atom stereocenters. The summed E-state index contributed by atoms with van der Waals surface area (Å²) in [4.78, 5) is 12.8. The summed E-state index contributed by atoms with van der Waals surface area (Å²) in [7, 11) is 0. The molecule has 0 aromatic rings. The number of carbonyl (C=O) groups excluding carboxylic acids is 1. The first kappa shape index (κ1) is 14.0. The molecule has 1 amide bonds. The van der Waals surface area contributed by atoms with E-state index in [1.807, 2.05) is 0 Å². The van der Waals surface area contributed by atoms with Gasteiger partial charge in [-0.1, -0.05) is 13.8 Å². The van der Waals surface area contributed by atoms with Crippen molar-refractivity contribution < 1.29 is 9.53 Å². The van der Waals surface area contributed by atoms with E-state index in [9.17, 15) is 4.79 Å². The number of fused-ring (bicyclic) bond motifs is 1. The second kappa shape index (κ2) is 4.23. The van der Waals surface area contributed by atoms with E-state index in [2.05, 4.69) is 19.2 Å². The molecule has 0 bridgehead atoms. The lowest BCUT2D eigenvalue weighted by Gasteiger charge is -2.65. The molecule has 0 aromatic heterocycles. The maximum absolute atomic E-state index is 12.8. The Balaban J connectivity index is 1.45. The number of hydrogen-bond donors (Lipinski definition) is 2. The summed E-state index contributed by atoms with van der Waals surface area (Å²) < 4.78 is 5.88. The van der Waals surface area contributed by atoms with Gasteiger partial charge in [0.25, 0.3) is 0 Å². The van der Waals surface area contributed by atoms with E-state index in [1.165, 1.54) is 25.7 Å². The van der Waals surface area contributed by atoms with Gasteiger partial charge in [0.05, 0.1) is 6.10 Å². The number of hydrogen-bond acceptors (Lipinski definition) is 3. The van der Waals surface area contributed by atoms with Crippen molar-refractivity contribution in [1.82, 2.24) is 5.32 Å². The molecule has 3 saturated carbocycles. The monoisotopic (exact) mass is 292 g/mol. The van der Waals surface area contributed by atoms with Gasteiger partial charge in [0, 0.05) is 24.5 Å². The van der Waals surface area contributed by atoms with Crippen molar-refractivity contribution in [1.29, 1.82) is 0 Å². The molecule has 3 atom stereocenters. The van der Waals surface area contributed by atoms with E-state index >= 15 is 0 Å². The molecule has 21 heavy (non-hydrogen) atoms. The van der Waals surface area contributed by atoms with Gasteiger partial charge in [-0.3, -0.25) is 4.79 Å². The number of nitrogens with two attached hydrogens (primary N) is 1. The SMILES string of the molecule is CC1(C)C2OCCCC2C1(N)C(=O)NCC1(C2CC2)CC1. The van der Waals surface area contributed by atoms with Crippen molar-refractivity contribution in [2.75, 3.05) is 13.2 Å². The van der Waals surface area contributed by atoms with Crippen LogP contribution in [0.15, 0.2) is 0 Å². The fourth-order valence-electron chi connectivity index (χ4n) is 5.02. The summed E-state index contributed by atoms with van der Waals surface area (Å²) in [5.41, 5.74) is 6.04. The van der Waals surface area contributed by atoms with Crippen LogP contribution in [0.4, 0.5) is 0 Å². The first-order valence-corrected chi connectivity index (χ1v) is 8.61. The van der Waals surface area contributed by atoms with Gasteiger partial charge in [0.1, 0.15) is 5.54 Å². The van der Waals surface area contributed by atoms with Gasteiger partial charge in [0.15, 0.2) is 0 Å². The minimum Gasteiger partial charge on any atom is -0.377 e. The third-order valence-electron chi connectivity index (χ3n) is 7.00. The highest BCUT2D eigenvalue weighted by Gasteiger charge is 2.70. The molecule has 1 heterocycles. The first-order chi connectivity index (χ1) is 9.92. The van der Waals surface area contributed by atoms with Crippen LogP contribution in [0.1, 0.15) is 52.4 Å². The van der Waals surface area contributed by atoms with Crippen LogP contribution in [0, 0.1) is 22.7 Å². The molecule has 0 aromatic carbocycles. The molecule has 118 valence electrons. The second-order valence-electron chi connectivity index (χ2n) is 8.45. The van der Waals surface area contributed by atoms with E-state index in [0.717, 1.165) is 31.9 Å². The van der Waals surface area contributed by atoms with E-state index in [0.29, 0.717) is 5.41 Å². The van der Waals surface area contributed by atoms with Crippen molar-refractivity contribution in [2.45, 2.75) is 64.0 Å². The Morgan fingerprint density at radius 2 is 2.00 bits per heavy atom. The molecule has 1 aliphatic heterocycles. The molecule has 1 saturated heterocycles. The minimum atomic E-state index is -0.752. The Morgan fingerprint density at radius 3 is 2.62 bits per heavy atom. The Labute approximate surface area is 127 Å². The van der Waals surface area contributed by atoms with Gasteiger partial charge >= 0.3 is 0 Å². The van der Waals surface area contributed by atoms with Gasteiger partial charge in [-0.15, -0.1) is 0 Å². The Bertz CT molecular complexity index is 467. The maximum atomic E-state index is 12.8. The van der Waals surface area contributed by atoms with Gasteiger partial charge in [-0.2, -0.15) is 0 Å². The van der Waals surface area contributed by atoms with E-state index in [-0.39, 0.29) is 23.3 Å². The predicted molar refractivity (Wildman–Crippen MR) is 80.6 cm³/mol. The Morgan fingerprint density at radius 1 is 1.29 bits per heavy atom. The Hall–Kier alpha value is -0.610. The average Bonchev–Trinajstić information content (AvgIpc) is 3.36. The van der Waals surface area contributed by atoms with Crippen LogP contribution in [0.2, 0.25) is 0 Å². The lowest BCUT2D eigenvalue weighted by molar-refractivity contribution is -0.225. The van der Waals surface area contributed by atoms with Gasteiger partial charge in [-0.25, -0.2) is 0 Å². The standard InChI is InChI=1S/C17H28N2O2/c1-15(2)13-12(4-3-9-21-13)17(15,18)14(20)19-10-16(7-8-16)11-5-6-11/h11-13H,3-10,18H2,1-2H3,(H,19,20). The lowest BCUT2D eigenvalue weighted by Crippen LogP contribution is -2.82. The topological polar surface area (TPSA) is 64.3 Å². The second-order valence-corrected chi connectivity index (χ2v) is 8.45. The van der Waals surface area contributed by atoms with Crippen molar-refractivity contribution in [2.24, 2.45) is 28.4 Å². The average molecular weight is 292 g/mol. The summed E-state index contributed by atoms with van der Waals surface area (Å²) in [5.74, 6) is 1.12. The Kier molecular flexibility index (Phi) is 2.82. The molecule has 4 nitrogen and oxygen atoms in total. The van der Waals surface area contributed by atoms with Gasteiger partial charge < -0.3 is 15.8 Å². The van der Waals surface area contributed by atoms with Crippen molar-refractivity contribution in [3.05, 3.63) is 0 Å². The zero-order valence-corrected chi connectivity index (χ0v) is 13.3. The smallest absolute Gasteiger partial charge is 0.241 e. The number of rotatable bonds is 4. The summed E-state index contributed by atoms with van der Waals surface area (Å²) in [6.45, 7) is 5.83. The van der Waals surface area contributed by atoms with Crippen LogP contribution >= 0.6 is 0 Å². The minimum absolute atomic E-state index is 0.0613. The summed E-state index contributed by atoms with van der Waals surface area (Å²) in [6, 6.07) is 0. The van der Waals surface area contributed by atoms with Crippen LogP contribution in [-0.4, -0.2) is 30.7 Å². The van der Waals surface area contributed by atoms with Crippen LogP contribution in [0.3, 0.4) is 0 Å². The van der Waals surface area contributed by atoms with Crippen molar-refractivity contribution in [3.63, 3.8) is 0 Å². The van der Waals surface area contributed by atoms with Crippen LogP contribution in [-0.2, 0) is 9.53 Å². The maximum Gasteiger partial charge on any atom is 0.241 e. The molecule has 4 fully saturated rings. The number of amides is 1. The van der Waals surface area contributed by atoms with E-state index in [4.69, 9.17) is 10.5 Å². The zero-order valence-electron chi connectivity index (χ0n) is 13.3. The van der Waals surface area contributed by atoms with Crippen LogP contribution in [0.25, 0.3) is 0 Å². The van der Waals surface area contributed by atoms with E-state index < -0.39 is 5.54 Å². The summed E-state index contributed by atoms with van der Waals surface area (Å²) in [6.07, 6.45) is 7.48. The lowest BCUT2D eigenvalue weighted by atomic mass is 9.46. The summed E-state index contributed by atoms with van der Waals surface area (Å²) in [5, 5.41) is 3.22. The number of nitrogens with one attached hydrogen (secondary N) is 1. The van der Waals surface area contributed by atoms with Gasteiger partial charge in [0.2, 0.25) is 5.91 Å². The predicted octanol–water partition coefficient (Wildman–Crippen LogP) is 1.83. The number of ether oxygens (including phenoxy) is 1. The molecular formula is C17H28N2O2. The van der Waals surface area contributed by atoms with Crippen molar-refractivity contribution in [3.8, 4) is 0 Å². The zero-order chi connectivity index (χ0) is 14.9. The third kappa shape index (κ3) is 1.78. The number of carbonyl (C=O) groups is 1. The molecule has 3 aliphatic carbocycles. The fourth-order valence-corrected chi connectivity index (χ4v) is 5.02. The fraction of sp³-hybridized carbons (Fsp3) is 0.941. The van der Waals surface area contributed by atoms with Crippen LogP contribution in [0.5, 0.6) is 0 Å².